The lowest BCUT2D eigenvalue weighted by molar-refractivity contribution is -0.120. The quantitative estimate of drug-likeness (QED) is 0.272. The molecule has 4 aromatic heterocycles. The van der Waals surface area contributed by atoms with Gasteiger partial charge in [0.25, 0.3) is 0 Å². The van der Waals surface area contributed by atoms with Crippen molar-refractivity contribution in [3.8, 4) is 23.1 Å². The highest BCUT2D eigenvalue weighted by atomic mass is 19.1. The number of hydrogen-bond donors (Lipinski definition) is 1. The van der Waals surface area contributed by atoms with Crippen LogP contribution in [0.5, 0.6) is 0 Å². The van der Waals surface area contributed by atoms with E-state index in [0.717, 1.165) is 5.69 Å². The molecule has 0 radical (unpaired) electrons. The summed E-state index contributed by atoms with van der Waals surface area (Å²) in [5.74, 6) is 5.46. The molecule has 230 valence electrons. The van der Waals surface area contributed by atoms with Gasteiger partial charge in [0.1, 0.15) is 51.8 Å². The molecule has 0 aliphatic heterocycles. The molecule has 45 heavy (non-hydrogen) atoms. The van der Waals surface area contributed by atoms with Crippen molar-refractivity contribution in [2.45, 2.75) is 53.2 Å². The molecule has 1 N–H and O–H groups in total. The second-order valence-corrected chi connectivity index (χ2v) is 11.7. The monoisotopic (exact) mass is 608 g/mol. The standard InChI is InChI=1S/C33H33FN8O3/c1-18-14-21(24-10-9-11-25(34)29(24)37-18)12-13-23-15-22(28-30-27(35-17-36-28)19(2)40-42(30)8)16-26(38-23)39-31(43)20(3)41(7)32(44)45-33(4,5)6/h9-11,14-17,20H,1-8H3,(H,38,39,43). The van der Waals surface area contributed by atoms with Crippen molar-refractivity contribution in [1.82, 2.24) is 34.6 Å². The lowest BCUT2D eigenvalue weighted by atomic mass is 10.1. The molecule has 1 atom stereocenters. The van der Waals surface area contributed by atoms with Crippen LogP contribution in [0.4, 0.5) is 15.0 Å². The minimum Gasteiger partial charge on any atom is -0.444 e. The highest BCUT2D eigenvalue weighted by Crippen LogP contribution is 2.29. The van der Waals surface area contributed by atoms with Crippen LogP contribution in [0.3, 0.4) is 0 Å². The second kappa shape index (κ2) is 11.9. The number of carbonyl (C=O) groups is 2. The van der Waals surface area contributed by atoms with Crippen LogP contribution in [0.1, 0.15) is 50.3 Å². The summed E-state index contributed by atoms with van der Waals surface area (Å²) in [4.78, 5) is 45.0. The number of nitrogens with one attached hydrogen (secondary N) is 1. The summed E-state index contributed by atoms with van der Waals surface area (Å²) in [5, 5.41) is 7.87. The fourth-order valence-electron chi connectivity index (χ4n) is 4.75. The first-order valence-corrected chi connectivity index (χ1v) is 14.2. The summed E-state index contributed by atoms with van der Waals surface area (Å²) in [6, 6.07) is 9.05. The average molecular weight is 609 g/mol. The van der Waals surface area contributed by atoms with E-state index in [1.165, 1.54) is 24.3 Å². The summed E-state index contributed by atoms with van der Waals surface area (Å²) in [5.41, 5.74) is 4.32. The molecule has 0 aliphatic carbocycles. The van der Waals surface area contributed by atoms with Crippen LogP contribution in [0, 0.1) is 31.5 Å². The van der Waals surface area contributed by atoms with Gasteiger partial charge in [-0.1, -0.05) is 18.1 Å². The number of amides is 2. The maximum Gasteiger partial charge on any atom is 0.410 e. The second-order valence-electron chi connectivity index (χ2n) is 11.7. The topological polar surface area (TPSA) is 128 Å². The largest absolute Gasteiger partial charge is 0.444 e. The Bertz CT molecular complexity index is 2040. The predicted molar refractivity (Wildman–Crippen MR) is 169 cm³/mol. The molecule has 2 amide bonds. The maximum atomic E-state index is 14.5. The Balaban J connectivity index is 1.59. The molecular formula is C33H33FN8O3. The van der Waals surface area contributed by atoms with Gasteiger partial charge in [0.15, 0.2) is 0 Å². The number of fused-ring (bicyclic) bond motifs is 2. The first kappa shape index (κ1) is 31.0. The molecular weight excluding hydrogens is 575 g/mol. The number of hydrogen-bond acceptors (Lipinski definition) is 8. The van der Waals surface area contributed by atoms with Gasteiger partial charge in [-0.3, -0.25) is 14.4 Å². The van der Waals surface area contributed by atoms with E-state index in [1.807, 2.05) is 6.92 Å². The van der Waals surface area contributed by atoms with Crippen molar-refractivity contribution < 1.29 is 18.7 Å². The van der Waals surface area contributed by atoms with E-state index < -0.39 is 29.5 Å². The number of aromatic nitrogens is 6. The number of nitrogens with zero attached hydrogens (tertiary/aromatic N) is 7. The number of likely N-dealkylation sites (N-methyl/N-ethyl adjacent to an activating group) is 1. The number of rotatable bonds is 4. The van der Waals surface area contributed by atoms with Gasteiger partial charge in [-0.25, -0.2) is 29.1 Å². The molecule has 4 heterocycles. The zero-order chi connectivity index (χ0) is 32.6. The van der Waals surface area contributed by atoms with E-state index in [0.29, 0.717) is 44.6 Å². The number of para-hydroxylation sites is 1. The van der Waals surface area contributed by atoms with Gasteiger partial charge in [0.05, 0.1) is 11.4 Å². The summed E-state index contributed by atoms with van der Waals surface area (Å²) < 4.78 is 21.6. The van der Waals surface area contributed by atoms with Gasteiger partial charge in [-0.05, 0) is 71.7 Å². The number of anilines is 1. The van der Waals surface area contributed by atoms with Crippen LogP contribution in [0.25, 0.3) is 33.2 Å². The molecule has 0 saturated carbocycles. The van der Waals surface area contributed by atoms with Gasteiger partial charge in [-0.15, -0.1) is 0 Å². The molecule has 0 saturated heterocycles. The molecule has 1 aromatic carbocycles. The van der Waals surface area contributed by atoms with Crippen LogP contribution in [-0.4, -0.2) is 65.3 Å². The van der Waals surface area contributed by atoms with E-state index in [1.54, 1.807) is 76.7 Å². The zero-order valence-electron chi connectivity index (χ0n) is 26.4. The summed E-state index contributed by atoms with van der Waals surface area (Å²) in [6.45, 7) is 10.5. The van der Waals surface area contributed by atoms with Gasteiger partial charge < -0.3 is 10.1 Å². The van der Waals surface area contributed by atoms with Gasteiger partial charge >= 0.3 is 6.09 Å². The molecule has 5 rings (SSSR count). The minimum absolute atomic E-state index is 0.193. The van der Waals surface area contributed by atoms with Crippen LogP contribution in [0.15, 0.2) is 42.7 Å². The van der Waals surface area contributed by atoms with Crippen LogP contribution < -0.4 is 5.32 Å². The Hall–Kier alpha value is -5.44. The smallest absolute Gasteiger partial charge is 0.410 e. The molecule has 0 spiro atoms. The van der Waals surface area contributed by atoms with E-state index in [2.05, 4.69) is 42.2 Å². The highest BCUT2D eigenvalue weighted by molar-refractivity contribution is 5.97. The van der Waals surface area contributed by atoms with Gasteiger partial charge in [0, 0.05) is 36.3 Å². The van der Waals surface area contributed by atoms with Gasteiger partial charge in [-0.2, -0.15) is 5.10 Å². The highest BCUT2D eigenvalue weighted by Gasteiger charge is 2.27. The first-order valence-electron chi connectivity index (χ1n) is 14.2. The van der Waals surface area contributed by atoms with Crippen molar-refractivity contribution in [2.75, 3.05) is 12.4 Å². The minimum atomic E-state index is -0.883. The van der Waals surface area contributed by atoms with Crippen molar-refractivity contribution in [3.05, 3.63) is 71.2 Å². The SMILES string of the molecule is Cc1cc(C#Cc2cc(-c3ncnc4c(C)nn(C)c34)cc(NC(=O)C(C)N(C)C(=O)OC(C)(C)C)n2)c2cccc(F)c2n1. The van der Waals surface area contributed by atoms with E-state index >= 15 is 0 Å². The van der Waals surface area contributed by atoms with Gasteiger partial charge in [0.2, 0.25) is 5.91 Å². The molecule has 5 aromatic rings. The fourth-order valence-corrected chi connectivity index (χ4v) is 4.75. The van der Waals surface area contributed by atoms with Crippen molar-refractivity contribution in [3.63, 3.8) is 0 Å². The maximum absolute atomic E-state index is 14.5. The Kier molecular flexibility index (Phi) is 8.21. The summed E-state index contributed by atoms with van der Waals surface area (Å²) in [7, 11) is 3.29. The summed E-state index contributed by atoms with van der Waals surface area (Å²) >= 11 is 0. The number of halogens is 1. The molecule has 12 heteroatoms. The molecule has 11 nitrogen and oxygen atoms in total. The number of ether oxygens (including phenoxy) is 1. The van der Waals surface area contributed by atoms with Crippen molar-refractivity contribution in [1.29, 1.82) is 0 Å². The average Bonchev–Trinajstić information content (AvgIpc) is 3.27. The molecule has 0 aliphatic rings. The van der Waals surface area contributed by atoms with Crippen LogP contribution >= 0.6 is 0 Å². The Morgan fingerprint density at radius 1 is 1.07 bits per heavy atom. The Morgan fingerprint density at radius 2 is 1.82 bits per heavy atom. The third kappa shape index (κ3) is 6.57. The molecule has 0 fully saturated rings. The molecule has 0 bridgehead atoms. The fraction of sp³-hybridized carbons (Fsp3) is 0.303. The van der Waals surface area contributed by atoms with Crippen molar-refractivity contribution in [2.24, 2.45) is 7.05 Å². The molecule has 1 unspecified atom stereocenters. The lowest BCUT2D eigenvalue weighted by Crippen LogP contribution is -2.45. The number of pyridine rings is 2. The Labute approximate surface area is 259 Å². The number of aryl methyl sites for hydroxylation is 3. The zero-order valence-corrected chi connectivity index (χ0v) is 26.4. The van der Waals surface area contributed by atoms with E-state index in [4.69, 9.17) is 4.74 Å². The third-order valence-electron chi connectivity index (χ3n) is 7.02. The Morgan fingerprint density at radius 3 is 2.56 bits per heavy atom. The normalized spacial score (nSPS) is 12.0. The number of carbonyl (C=O) groups excluding carboxylic acids is 2. The predicted octanol–water partition coefficient (Wildman–Crippen LogP) is 5.32. The first-order chi connectivity index (χ1) is 21.2. The van der Waals surface area contributed by atoms with Crippen molar-refractivity contribution >= 4 is 39.8 Å². The summed E-state index contributed by atoms with van der Waals surface area (Å²) in [6.07, 6.45) is 0.818. The van der Waals surface area contributed by atoms with Crippen LogP contribution in [0.2, 0.25) is 0 Å². The lowest BCUT2D eigenvalue weighted by Gasteiger charge is -2.28. The number of benzene rings is 1. The third-order valence-corrected chi connectivity index (χ3v) is 7.02. The van der Waals surface area contributed by atoms with E-state index in [-0.39, 0.29) is 11.3 Å². The van der Waals surface area contributed by atoms with E-state index in [9.17, 15) is 14.0 Å². The van der Waals surface area contributed by atoms with Crippen LogP contribution in [-0.2, 0) is 16.6 Å².